The van der Waals surface area contributed by atoms with E-state index >= 15 is 0 Å². The summed E-state index contributed by atoms with van der Waals surface area (Å²) in [7, 11) is 0. The summed E-state index contributed by atoms with van der Waals surface area (Å²) in [4.78, 5) is 0. The van der Waals surface area contributed by atoms with Crippen molar-refractivity contribution in [3.05, 3.63) is 35.6 Å². The van der Waals surface area contributed by atoms with Crippen molar-refractivity contribution in [1.82, 2.24) is 0 Å². The van der Waals surface area contributed by atoms with Crippen LogP contribution < -0.4 is 0 Å². The van der Waals surface area contributed by atoms with Crippen LogP contribution in [-0.2, 0) is 10.7 Å². The molecule has 0 aromatic heterocycles. The van der Waals surface area contributed by atoms with Gasteiger partial charge < -0.3 is 0 Å². The number of rotatable bonds is 3. The second-order valence-electron chi connectivity index (χ2n) is 3.21. The molecule has 0 saturated heterocycles. The molecule has 0 aliphatic rings. The Kier molecular flexibility index (Phi) is 3.04. The Balaban J connectivity index is 2.99. The van der Waals surface area contributed by atoms with Crippen LogP contribution in [0.25, 0.3) is 0 Å². The van der Waals surface area contributed by atoms with E-state index in [2.05, 4.69) is 0 Å². The normalized spacial score (nSPS) is 11.7. The second kappa shape index (κ2) is 3.88. The molecule has 2 heteroatoms. The summed E-state index contributed by atoms with van der Waals surface area (Å²) in [5.74, 6) is -0.293. The van der Waals surface area contributed by atoms with Gasteiger partial charge in [0.1, 0.15) is 11.4 Å². The molecule has 0 amide bonds. The maximum atomic E-state index is 12.6. The zero-order valence-electron chi connectivity index (χ0n) is 8.01. The van der Waals surface area contributed by atoms with Gasteiger partial charge in [-0.15, -0.1) is 0 Å². The van der Waals surface area contributed by atoms with E-state index in [1.54, 1.807) is 12.1 Å². The second-order valence-corrected chi connectivity index (χ2v) is 3.21. The molecule has 1 aromatic carbocycles. The minimum atomic E-state index is -1.05. The molecule has 0 atom stereocenters. The Hall–Kier alpha value is -0.890. The molecule has 1 nitrogen and oxygen atoms in total. The largest absolute Gasteiger partial charge is 0.224 e. The Morgan fingerprint density at radius 2 is 1.62 bits per heavy atom. The van der Waals surface area contributed by atoms with E-state index < -0.39 is 5.60 Å². The lowest BCUT2D eigenvalue weighted by Crippen LogP contribution is -2.21. The average Bonchev–Trinajstić information content (AvgIpc) is 2.18. The molecule has 0 N–H and O–H groups in total. The predicted octanol–water partition coefficient (Wildman–Crippen LogP) is 3.27. The van der Waals surface area contributed by atoms with E-state index in [0.717, 1.165) is 0 Å². The monoisotopic (exact) mass is 181 g/mol. The lowest BCUT2D eigenvalue weighted by Gasteiger charge is -2.22. The van der Waals surface area contributed by atoms with Crippen molar-refractivity contribution in [1.29, 1.82) is 0 Å². The molecule has 0 unspecified atom stereocenters. The van der Waals surface area contributed by atoms with Gasteiger partial charge in [-0.3, -0.25) is 0 Å². The van der Waals surface area contributed by atoms with Crippen LogP contribution in [0.3, 0.4) is 0 Å². The molecular formula is C11H14FO. The molecule has 0 spiro atoms. The van der Waals surface area contributed by atoms with Crippen molar-refractivity contribution < 1.29 is 9.50 Å². The standard InChI is InChI=1S/C11H14FO/c1-3-11(13,4-2)9-5-7-10(12)8-6-9/h5-8H,3-4H2,1-2H3. The quantitative estimate of drug-likeness (QED) is 0.682. The minimum Gasteiger partial charge on any atom is -0.224 e. The van der Waals surface area contributed by atoms with Gasteiger partial charge >= 0.3 is 0 Å². The summed E-state index contributed by atoms with van der Waals surface area (Å²) in [6, 6.07) is 5.84. The van der Waals surface area contributed by atoms with E-state index in [0.29, 0.717) is 18.4 Å². The summed E-state index contributed by atoms with van der Waals surface area (Å²) in [6.07, 6.45) is 1.07. The van der Waals surface area contributed by atoms with Gasteiger partial charge in [-0.05, 0) is 30.5 Å². The van der Waals surface area contributed by atoms with E-state index in [4.69, 9.17) is 0 Å². The molecule has 1 rings (SSSR count). The van der Waals surface area contributed by atoms with Gasteiger partial charge in [-0.25, -0.2) is 9.50 Å². The van der Waals surface area contributed by atoms with Gasteiger partial charge in [0.05, 0.1) is 0 Å². The first kappa shape index (κ1) is 10.2. The topological polar surface area (TPSA) is 19.9 Å². The first-order chi connectivity index (χ1) is 6.12. The fraction of sp³-hybridized carbons (Fsp3) is 0.455. The molecule has 0 aliphatic heterocycles. The van der Waals surface area contributed by atoms with Crippen molar-refractivity contribution in [3.8, 4) is 0 Å². The van der Waals surface area contributed by atoms with Crippen LogP contribution in [0.5, 0.6) is 0 Å². The molecule has 0 heterocycles. The van der Waals surface area contributed by atoms with Crippen molar-refractivity contribution >= 4 is 0 Å². The van der Waals surface area contributed by atoms with Gasteiger partial charge in [-0.2, -0.15) is 0 Å². The summed E-state index contributed by atoms with van der Waals surface area (Å²) >= 11 is 0. The summed E-state index contributed by atoms with van der Waals surface area (Å²) in [5.41, 5.74) is -0.368. The van der Waals surface area contributed by atoms with E-state index in [1.807, 2.05) is 13.8 Å². The lowest BCUT2D eigenvalue weighted by atomic mass is 9.89. The zero-order chi connectivity index (χ0) is 9.90. The van der Waals surface area contributed by atoms with Gasteiger partial charge in [0.25, 0.3) is 0 Å². The molecule has 0 bridgehead atoms. The highest BCUT2D eigenvalue weighted by molar-refractivity contribution is 5.22. The first-order valence-corrected chi connectivity index (χ1v) is 4.59. The third kappa shape index (κ3) is 2.07. The van der Waals surface area contributed by atoms with Gasteiger partial charge in [0.2, 0.25) is 0 Å². The van der Waals surface area contributed by atoms with Crippen LogP contribution in [0.15, 0.2) is 24.3 Å². The first-order valence-electron chi connectivity index (χ1n) is 4.59. The SMILES string of the molecule is CCC([O])(CC)c1ccc(F)cc1. The van der Waals surface area contributed by atoms with Crippen LogP contribution >= 0.6 is 0 Å². The summed E-state index contributed by atoms with van der Waals surface area (Å²) in [6.45, 7) is 3.72. The number of hydrogen-bond donors (Lipinski definition) is 0. The van der Waals surface area contributed by atoms with Crippen LogP contribution in [0.1, 0.15) is 32.3 Å². The predicted molar refractivity (Wildman–Crippen MR) is 49.3 cm³/mol. The van der Waals surface area contributed by atoms with Crippen molar-refractivity contribution in [3.63, 3.8) is 0 Å². The molecule has 0 saturated carbocycles. The zero-order valence-corrected chi connectivity index (χ0v) is 8.01. The Labute approximate surface area is 78.2 Å². The molecule has 1 aromatic rings. The maximum absolute atomic E-state index is 12.6. The Bertz CT molecular complexity index is 262. The van der Waals surface area contributed by atoms with Crippen LogP contribution in [0.2, 0.25) is 0 Å². The fourth-order valence-corrected chi connectivity index (χ4v) is 1.41. The molecule has 13 heavy (non-hydrogen) atoms. The molecule has 0 fully saturated rings. The number of halogens is 1. The van der Waals surface area contributed by atoms with E-state index in [-0.39, 0.29) is 5.82 Å². The van der Waals surface area contributed by atoms with E-state index in [1.165, 1.54) is 12.1 Å². The third-order valence-corrected chi connectivity index (χ3v) is 2.51. The molecular weight excluding hydrogens is 167 g/mol. The minimum absolute atomic E-state index is 0.293. The Morgan fingerprint density at radius 1 is 1.15 bits per heavy atom. The summed E-state index contributed by atoms with van der Waals surface area (Å²) in [5, 5.41) is 12.0. The highest BCUT2D eigenvalue weighted by atomic mass is 19.1. The number of benzene rings is 1. The van der Waals surface area contributed by atoms with Gasteiger partial charge in [-0.1, -0.05) is 26.0 Å². The molecule has 1 radical (unpaired) electrons. The maximum Gasteiger partial charge on any atom is 0.128 e. The highest BCUT2D eigenvalue weighted by Crippen LogP contribution is 2.28. The van der Waals surface area contributed by atoms with E-state index in [9.17, 15) is 9.50 Å². The molecule has 0 aliphatic carbocycles. The third-order valence-electron chi connectivity index (χ3n) is 2.51. The smallest absolute Gasteiger partial charge is 0.128 e. The fourth-order valence-electron chi connectivity index (χ4n) is 1.41. The van der Waals surface area contributed by atoms with Crippen molar-refractivity contribution in [2.45, 2.75) is 32.3 Å². The number of hydrogen-bond acceptors (Lipinski definition) is 0. The van der Waals surface area contributed by atoms with Gasteiger partial charge in [0, 0.05) is 0 Å². The van der Waals surface area contributed by atoms with Gasteiger partial charge in [0.15, 0.2) is 0 Å². The highest BCUT2D eigenvalue weighted by Gasteiger charge is 2.26. The van der Waals surface area contributed by atoms with Crippen LogP contribution in [-0.4, -0.2) is 0 Å². The van der Waals surface area contributed by atoms with Crippen LogP contribution in [0.4, 0.5) is 4.39 Å². The van der Waals surface area contributed by atoms with Crippen molar-refractivity contribution in [2.75, 3.05) is 0 Å². The Morgan fingerprint density at radius 3 is 2.00 bits per heavy atom. The average molecular weight is 181 g/mol. The molecule has 71 valence electrons. The lowest BCUT2D eigenvalue weighted by molar-refractivity contribution is -0.0420. The van der Waals surface area contributed by atoms with Crippen LogP contribution in [0, 0.1) is 5.82 Å². The van der Waals surface area contributed by atoms with Crippen molar-refractivity contribution in [2.24, 2.45) is 0 Å². The summed E-state index contributed by atoms with van der Waals surface area (Å²) < 4.78 is 12.6.